The van der Waals surface area contributed by atoms with E-state index in [1.165, 1.54) is 0 Å². The number of carbonyl (C=O) groups excluding carboxylic acids is 1. The van der Waals surface area contributed by atoms with E-state index in [9.17, 15) is 13.2 Å². The van der Waals surface area contributed by atoms with Crippen molar-refractivity contribution < 1.29 is 13.2 Å². The summed E-state index contributed by atoms with van der Waals surface area (Å²) in [6.45, 7) is 3.82. The zero-order valence-corrected chi connectivity index (χ0v) is 13.2. The Hall–Kier alpha value is -1.37. The smallest absolute Gasteiger partial charge is 0.227 e. The second-order valence-corrected chi connectivity index (χ2v) is 7.74. The van der Waals surface area contributed by atoms with Crippen molar-refractivity contribution in [1.29, 1.82) is 0 Å². The molecule has 1 aliphatic rings. The van der Waals surface area contributed by atoms with Crippen LogP contribution in [0.5, 0.6) is 0 Å². The fourth-order valence-electron chi connectivity index (χ4n) is 2.63. The first-order valence-corrected chi connectivity index (χ1v) is 8.48. The number of rotatable bonds is 3. The highest BCUT2D eigenvalue weighted by molar-refractivity contribution is 7.91. The lowest BCUT2D eigenvalue weighted by Crippen LogP contribution is -2.38. The molecule has 20 heavy (non-hydrogen) atoms. The Balaban J connectivity index is 2.09. The number of sulfone groups is 1. The Bertz CT molecular complexity index is 634. The first-order valence-electron chi connectivity index (χ1n) is 6.66. The molecule has 1 saturated heterocycles. The van der Waals surface area contributed by atoms with E-state index >= 15 is 0 Å². The Morgan fingerprint density at radius 1 is 1.45 bits per heavy atom. The molecule has 2 rings (SSSR count). The zero-order valence-electron chi connectivity index (χ0n) is 12.4. The molecule has 112 valence electrons. The molecular weight excluding hydrogens is 278 g/mol. The molecule has 6 nitrogen and oxygen atoms in total. The largest absolute Gasteiger partial charge is 0.341 e. The van der Waals surface area contributed by atoms with Gasteiger partial charge in [-0.15, -0.1) is 0 Å². The summed E-state index contributed by atoms with van der Waals surface area (Å²) in [5, 5.41) is 4.29. The van der Waals surface area contributed by atoms with Gasteiger partial charge in [0, 0.05) is 31.4 Å². The predicted molar refractivity (Wildman–Crippen MR) is 76.2 cm³/mol. The minimum absolute atomic E-state index is 0.0497. The highest BCUT2D eigenvalue weighted by Gasteiger charge is 2.33. The number of hydrogen-bond acceptors (Lipinski definition) is 4. The van der Waals surface area contributed by atoms with Crippen LogP contribution in [-0.4, -0.2) is 53.6 Å². The molecule has 0 radical (unpaired) electrons. The maximum atomic E-state index is 12.3. The van der Waals surface area contributed by atoms with Crippen LogP contribution in [0.15, 0.2) is 0 Å². The monoisotopic (exact) mass is 299 g/mol. The second-order valence-electron chi connectivity index (χ2n) is 5.51. The van der Waals surface area contributed by atoms with E-state index in [4.69, 9.17) is 0 Å². The first kappa shape index (κ1) is 15.0. The summed E-state index contributed by atoms with van der Waals surface area (Å²) in [4.78, 5) is 13.9. The minimum atomic E-state index is -2.97. The fourth-order valence-corrected chi connectivity index (χ4v) is 4.41. The van der Waals surface area contributed by atoms with Gasteiger partial charge >= 0.3 is 0 Å². The number of aromatic nitrogens is 2. The Morgan fingerprint density at radius 3 is 2.55 bits per heavy atom. The molecule has 0 aromatic carbocycles. The molecular formula is C13H21N3O3S. The van der Waals surface area contributed by atoms with Gasteiger partial charge in [-0.05, 0) is 20.3 Å². The van der Waals surface area contributed by atoms with Gasteiger partial charge in [0.1, 0.15) is 0 Å². The summed E-state index contributed by atoms with van der Waals surface area (Å²) in [6.07, 6.45) is 0.814. The minimum Gasteiger partial charge on any atom is -0.341 e. The van der Waals surface area contributed by atoms with Gasteiger partial charge in [0.05, 0.1) is 23.6 Å². The Kier molecular flexibility index (Phi) is 3.90. The third-order valence-electron chi connectivity index (χ3n) is 4.14. The number of amides is 1. The van der Waals surface area contributed by atoms with Gasteiger partial charge < -0.3 is 4.90 Å². The van der Waals surface area contributed by atoms with Gasteiger partial charge in [-0.25, -0.2) is 8.42 Å². The number of carbonyl (C=O) groups is 1. The molecule has 0 bridgehead atoms. The van der Waals surface area contributed by atoms with Crippen LogP contribution in [0, 0.1) is 13.8 Å². The average Bonchev–Trinajstić information content (AvgIpc) is 2.83. The summed E-state index contributed by atoms with van der Waals surface area (Å²) in [6, 6.07) is -0.190. The van der Waals surface area contributed by atoms with Crippen molar-refractivity contribution in [1.82, 2.24) is 14.7 Å². The summed E-state index contributed by atoms with van der Waals surface area (Å²) in [5.41, 5.74) is 2.76. The molecule has 0 N–H and O–H groups in total. The van der Waals surface area contributed by atoms with Crippen molar-refractivity contribution in [3.8, 4) is 0 Å². The Morgan fingerprint density at radius 2 is 2.10 bits per heavy atom. The molecule has 1 amide bonds. The lowest BCUT2D eigenvalue weighted by Gasteiger charge is -2.23. The van der Waals surface area contributed by atoms with Crippen molar-refractivity contribution in [3.05, 3.63) is 17.0 Å². The molecule has 0 unspecified atom stereocenters. The van der Waals surface area contributed by atoms with Crippen LogP contribution in [0.2, 0.25) is 0 Å². The summed E-state index contributed by atoms with van der Waals surface area (Å²) >= 11 is 0. The fraction of sp³-hybridized carbons (Fsp3) is 0.692. The number of hydrogen-bond donors (Lipinski definition) is 0. The normalized spacial score (nSPS) is 21.1. The highest BCUT2D eigenvalue weighted by Crippen LogP contribution is 2.19. The van der Waals surface area contributed by atoms with Crippen molar-refractivity contribution in [3.63, 3.8) is 0 Å². The number of likely N-dealkylation sites (N-methyl/N-ethyl adjacent to an activating group) is 1. The summed E-state index contributed by atoms with van der Waals surface area (Å²) in [7, 11) is 0.571. The van der Waals surface area contributed by atoms with Gasteiger partial charge in [0.2, 0.25) is 5.91 Å². The predicted octanol–water partition coefficient (Wildman–Crippen LogP) is 0.225. The average molecular weight is 299 g/mol. The van der Waals surface area contributed by atoms with E-state index in [2.05, 4.69) is 5.10 Å². The van der Waals surface area contributed by atoms with Gasteiger partial charge in [-0.3, -0.25) is 9.48 Å². The maximum absolute atomic E-state index is 12.3. The van der Waals surface area contributed by atoms with Crippen LogP contribution in [-0.2, 0) is 28.1 Å². The molecule has 7 heteroatoms. The molecule has 1 aromatic heterocycles. The van der Waals surface area contributed by atoms with E-state index < -0.39 is 9.84 Å². The molecule has 0 aliphatic carbocycles. The number of nitrogens with zero attached hydrogens (tertiary/aromatic N) is 3. The molecule has 0 saturated carbocycles. The van der Waals surface area contributed by atoms with Gasteiger partial charge in [-0.1, -0.05) is 0 Å². The summed E-state index contributed by atoms with van der Waals surface area (Å²) in [5.74, 6) is 0.215. The SMILES string of the molecule is Cc1nn(C)c(C)c1CC(=O)N(C)[C@@H]1CCS(=O)(=O)C1. The standard InChI is InChI=1S/C13H21N3O3S/c1-9-12(10(2)16(4)14-9)7-13(17)15(3)11-5-6-20(18,19)8-11/h11H,5-8H2,1-4H3/t11-/m1/s1. The maximum Gasteiger partial charge on any atom is 0.227 e. The van der Waals surface area contributed by atoms with Crippen molar-refractivity contribution in [2.75, 3.05) is 18.6 Å². The van der Waals surface area contributed by atoms with Crippen molar-refractivity contribution >= 4 is 15.7 Å². The van der Waals surface area contributed by atoms with Crippen molar-refractivity contribution in [2.24, 2.45) is 7.05 Å². The zero-order chi connectivity index (χ0) is 15.1. The Labute approximate surface area is 119 Å². The topological polar surface area (TPSA) is 72.3 Å². The summed E-state index contributed by atoms with van der Waals surface area (Å²) < 4.78 is 24.7. The molecule has 1 aromatic rings. The van der Waals surface area contributed by atoms with Crippen LogP contribution in [0.1, 0.15) is 23.4 Å². The molecule has 1 fully saturated rings. The van der Waals surface area contributed by atoms with E-state index in [0.717, 1.165) is 17.0 Å². The van der Waals surface area contributed by atoms with Crippen LogP contribution in [0.3, 0.4) is 0 Å². The lowest BCUT2D eigenvalue weighted by molar-refractivity contribution is -0.130. The lowest BCUT2D eigenvalue weighted by atomic mass is 10.1. The van der Waals surface area contributed by atoms with E-state index in [-0.39, 0.29) is 29.9 Å². The van der Waals surface area contributed by atoms with Crippen LogP contribution in [0.4, 0.5) is 0 Å². The van der Waals surface area contributed by atoms with Gasteiger partial charge in [0.25, 0.3) is 0 Å². The van der Waals surface area contributed by atoms with Crippen molar-refractivity contribution in [2.45, 2.75) is 32.7 Å². The highest BCUT2D eigenvalue weighted by atomic mass is 32.2. The second kappa shape index (κ2) is 5.20. The van der Waals surface area contributed by atoms with E-state index in [1.54, 1.807) is 16.6 Å². The molecule has 1 atom stereocenters. The van der Waals surface area contributed by atoms with Crippen LogP contribution < -0.4 is 0 Å². The molecule has 1 aliphatic heterocycles. The van der Waals surface area contributed by atoms with Crippen LogP contribution in [0.25, 0.3) is 0 Å². The quantitative estimate of drug-likeness (QED) is 0.800. The third-order valence-corrected chi connectivity index (χ3v) is 5.89. The number of aryl methyl sites for hydroxylation is 2. The van der Waals surface area contributed by atoms with E-state index in [0.29, 0.717) is 6.42 Å². The van der Waals surface area contributed by atoms with E-state index in [1.807, 2.05) is 20.9 Å². The van der Waals surface area contributed by atoms with Gasteiger partial charge in [0.15, 0.2) is 9.84 Å². The molecule has 2 heterocycles. The first-order chi connectivity index (χ1) is 9.21. The van der Waals surface area contributed by atoms with Gasteiger partial charge in [-0.2, -0.15) is 5.10 Å². The van der Waals surface area contributed by atoms with Crippen LogP contribution >= 0.6 is 0 Å². The third kappa shape index (κ3) is 2.87. The molecule has 0 spiro atoms.